The second-order valence-corrected chi connectivity index (χ2v) is 7.13. The monoisotopic (exact) mass is 517 g/mol. The Morgan fingerprint density at radius 2 is 1.89 bits per heavy atom. The first-order chi connectivity index (χ1) is 13.1. The van der Waals surface area contributed by atoms with Gasteiger partial charge >= 0.3 is 0 Å². The summed E-state index contributed by atoms with van der Waals surface area (Å²) in [4.78, 5) is 4.59. The van der Waals surface area contributed by atoms with E-state index in [-0.39, 0.29) is 29.8 Å². The lowest BCUT2D eigenvalue weighted by Crippen LogP contribution is -2.41. The van der Waals surface area contributed by atoms with E-state index in [0.717, 1.165) is 29.0 Å². The van der Waals surface area contributed by atoms with Crippen molar-refractivity contribution in [1.82, 2.24) is 10.6 Å². The van der Waals surface area contributed by atoms with Gasteiger partial charge < -0.3 is 15.7 Å². The minimum atomic E-state index is -0.505. The van der Waals surface area contributed by atoms with Gasteiger partial charge in [-0.3, -0.25) is 0 Å². The maximum atomic E-state index is 13.5. The Kier molecular flexibility index (Phi) is 12.2. The van der Waals surface area contributed by atoms with Gasteiger partial charge in [-0.05, 0) is 42.0 Å². The van der Waals surface area contributed by atoms with Crippen molar-refractivity contribution in [2.24, 2.45) is 4.99 Å². The van der Waals surface area contributed by atoms with Crippen LogP contribution < -0.4 is 10.6 Å². The molecule has 0 saturated carbocycles. The Morgan fingerprint density at radius 3 is 2.57 bits per heavy atom. The average molecular weight is 517 g/mol. The number of benzene rings is 2. The molecule has 28 heavy (non-hydrogen) atoms. The van der Waals surface area contributed by atoms with E-state index in [9.17, 15) is 9.50 Å². The third-order valence-electron chi connectivity index (χ3n) is 4.04. The van der Waals surface area contributed by atoms with Gasteiger partial charge in [0.25, 0.3) is 0 Å². The number of aliphatic imine (C=N–C) groups is 1. The number of hydrogen-bond donors (Lipinski definition) is 3. The Balaban J connectivity index is 0.00000392. The molecule has 0 bridgehead atoms. The molecule has 4 nitrogen and oxygen atoms in total. The molecule has 0 heterocycles. The van der Waals surface area contributed by atoms with Crippen LogP contribution in [0.3, 0.4) is 0 Å². The Bertz CT molecular complexity index is 731. The van der Waals surface area contributed by atoms with Gasteiger partial charge in [0.1, 0.15) is 5.82 Å². The molecule has 0 aliphatic carbocycles. The van der Waals surface area contributed by atoms with Crippen molar-refractivity contribution in [1.29, 1.82) is 0 Å². The summed E-state index contributed by atoms with van der Waals surface area (Å²) in [6, 6.07) is 14.7. The van der Waals surface area contributed by atoms with Crippen LogP contribution in [0.15, 0.2) is 53.5 Å². The summed E-state index contributed by atoms with van der Waals surface area (Å²) in [5.41, 5.74) is 3.07. The maximum Gasteiger partial charge on any atom is 0.191 e. The number of thioether (sulfide) groups is 1. The van der Waals surface area contributed by atoms with Gasteiger partial charge in [-0.2, -0.15) is 11.8 Å². The molecule has 7 heteroatoms. The lowest BCUT2D eigenvalue weighted by molar-refractivity contribution is 0.177. The second-order valence-electron chi connectivity index (χ2n) is 6.27. The maximum absolute atomic E-state index is 13.5. The fourth-order valence-electron chi connectivity index (χ4n) is 2.72. The van der Waals surface area contributed by atoms with Crippen LogP contribution >= 0.6 is 35.7 Å². The van der Waals surface area contributed by atoms with Crippen molar-refractivity contribution < 1.29 is 9.50 Å². The topological polar surface area (TPSA) is 56.7 Å². The van der Waals surface area contributed by atoms with Gasteiger partial charge in [0.05, 0.1) is 12.6 Å². The Labute approximate surface area is 188 Å². The highest BCUT2D eigenvalue weighted by atomic mass is 127. The molecule has 3 N–H and O–H groups in total. The number of aliphatic hydroxyl groups is 1. The van der Waals surface area contributed by atoms with Crippen molar-refractivity contribution in [3.63, 3.8) is 0 Å². The number of aliphatic hydroxyl groups excluding tert-OH is 1. The zero-order chi connectivity index (χ0) is 19.5. The smallest absolute Gasteiger partial charge is 0.191 e. The molecule has 0 radical (unpaired) electrons. The van der Waals surface area contributed by atoms with Gasteiger partial charge in [-0.1, -0.05) is 36.4 Å². The fraction of sp³-hybridized carbons (Fsp3) is 0.381. The van der Waals surface area contributed by atoms with E-state index in [1.165, 1.54) is 6.07 Å². The third kappa shape index (κ3) is 8.79. The first-order valence-electron chi connectivity index (χ1n) is 9.12. The largest absolute Gasteiger partial charge is 0.391 e. The molecule has 0 saturated heterocycles. The first kappa shape index (κ1) is 24.7. The van der Waals surface area contributed by atoms with Gasteiger partial charge in [0.2, 0.25) is 0 Å². The zero-order valence-corrected chi connectivity index (χ0v) is 19.5. The summed E-state index contributed by atoms with van der Waals surface area (Å²) in [7, 11) is 0. The first-order valence-corrected chi connectivity index (χ1v) is 10.5. The van der Waals surface area contributed by atoms with Crippen LogP contribution in [0, 0.1) is 5.82 Å². The van der Waals surface area contributed by atoms with Crippen LogP contribution in [0.1, 0.15) is 23.6 Å². The van der Waals surface area contributed by atoms with E-state index in [1.54, 1.807) is 23.9 Å². The molecular formula is C21H29FIN3OS. The lowest BCUT2D eigenvalue weighted by atomic mass is 10.1. The van der Waals surface area contributed by atoms with E-state index in [1.807, 2.05) is 43.5 Å². The SMILES string of the molecule is CCNC(=NCc1ccc(F)cc1CSC)NCC(O)Cc1ccccc1.I. The van der Waals surface area contributed by atoms with Crippen LogP contribution in [0.5, 0.6) is 0 Å². The molecule has 1 atom stereocenters. The molecule has 154 valence electrons. The predicted octanol–water partition coefficient (Wildman–Crippen LogP) is 3.97. The number of rotatable bonds is 9. The van der Waals surface area contributed by atoms with Gasteiger partial charge in [0, 0.05) is 25.3 Å². The lowest BCUT2D eigenvalue weighted by Gasteiger charge is -2.16. The number of guanidine groups is 1. The molecule has 0 aliphatic heterocycles. The highest BCUT2D eigenvalue weighted by Crippen LogP contribution is 2.17. The van der Waals surface area contributed by atoms with E-state index in [4.69, 9.17) is 0 Å². The molecule has 0 aliphatic rings. The average Bonchev–Trinajstić information content (AvgIpc) is 2.66. The fourth-order valence-corrected chi connectivity index (χ4v) is 3.30. The Hall–Kier alpha value is -1.32. The van der Waals surface area contributed by atoms with Crippen LogP contribution in [-0.2, 0) is 18.7 Å². The van der Waals surface area contributed by atoms with E-state index in [2.05, 4.69) is 15.6 Å². The molecule has 2 aromatic rings. The summed E-state index contributed by atoms with van der Waals surface area (Å²) < 4.78 is 13.5. The quantitative estimate of drug-likeness (QED) is 0.268. The van der Waals surface area contributed by atoms with E-state index < -0.39 is 6.10 Å². The molecule has 0 fully saturated rings. The van der Waals surface area contributed by atoms with Gasteiger partial charge in [-0.25, -0.2) is 9.38 Å². The minimum absolute atomic E-state index is 0. The van der Waals surface area contributed by atoms with Crippen molar-refractivity contribution in [2.45, 2.75) is 31.7 Å². The molecule has 0 aromatic heterocycles. The number of nitrogens with zero attached hydrogens (tertiary/aromatic N) is 1. The Morgan fingerprint density at radius 1 is 1.14 bits per heavy atom. The molecule has 1 unspecified atom stereocenters. The standard InChI is InChI=1S/C21H28FN3OS.HI/c1-3-23-21(25-14-20(26)11-16-7-5-4-6-8-16)24-13-17-9-10-19(22)12-18(17)15-27-2;/h4-10,12,20,26H,3,11,13-15H2,1-2H3,(H2,23,24,25);1H. The highest BCUT2D eigenvalue weighted by molar-refractivity contribution is 14.0. The van der Waals surface area contributed by atoms with Crippen molar-refractivity contribution in [3.05, 3.63) is 71.0 Å². The van der Waals surface area contributed by atoms with E-state index in [0.29, 0.717) is 25.5 Å². The summed E-state index contributed by atoms with van der Waals surface area (Å²) >= 11 is 1.66. The summed E-state index contributed by atoms with van der Waals surface area (Å²) in [6.45, 7) is 3.58. The highest BCUT2D eigenvalue weighted by Gasteiger charge is 2.08. The molecule has 2 aromatic carbocycles. The second kappa shape index (κ2) is 13.8. The summed E-state index contributed by atoms with van der Waals surface area (Å²) in [6.07, 6.45) is 2.08. The molecule has 0 amide bonds. The number of nitrogens with one attached hydrogen (secondary N) is 2. The van der Waals surface area contributed by atoms with Crippen LogP contribution in [0.4, 0.5) is 4.39 Å². The van der Waals surface area contributed by atoms with Crippen LogP contribution in [0.2, 0.25) is 0 Å². The zero-order valence-electron chi connectivity index (χ0n) is 16.3. The number of hydrogen-bond acceptors (Lipinski definition) is 3. The van der Waals surface area contributed by atoms with E-state index >= 15 is 0 Å². The summed E-state index contributed by atoms with van der Waals surface area (Å²) in [5, 5.41) is 16.6. The van der Waals surface area contributed by atoms with Gasteiger partial charge in [0.15, 0.2) is 5.96 Å². The van der Waals surface area contributed by atoms with Crippen molar-refractivity contribution in [2.75, 3.05) is 19.3 Å². The van der Waals surface area contributed by atoms with Crippen molar-refractivity contribution >= 4 is 41.7 Å². The molecular weight excluding hydrogens is 488 g/mol. The third-order valence-corrected chi connectivity index (χ3v) is 4.64. The van der Waals surface area contributed by atoms with Crippen molar-refractivity contribution in [3.8, 4) is 0 Å². The van der Waals surface area contributed by atoms with Gasteiger partial charge in [-0.15, -0.1) is 24.0 Å². The summed E-state index contributed by atoms with van der Waals surface area (Å²) in [5.74, 6) is 1.17. The minimum Gasteiger partial charge on any atom is -0.391 e. The normalized spacial score (nSPS) is 12.2. The molecule has 2 rings (SSSR count). The predicted molar refractivity (Wildman–Crippen MR) is 128 cm³/mol. The van der Waals surface area contributed by atoms with Crippen LogP contribution in [0.25, 0.3) is 0 Å². The molecule has 0 spiro atoms. The van der Waals surface area contributed by atoms with Crippen LogP contribution in [-0.4, -0.2) is 36.5 Å². The number of halogens is 2.